The van der Waals surface area contributed by atoms with Gasteiger partial charge in [-0.05, 0) is 66.7 Å². The summed E-state index contributed by atoms with van der Waals surface area (Å²) >= 11 is 1.51. The molecule has 1 atom stereocenters. The van der Waals surface area contributed by atoms with Crippen molar-refractivity contribution in [3.8, 4) is 11.5 Å². The molecule has 13 heteroatoms. The Balaban J connectivity index is -0.000000794. The van der Waals surface area contributed by atoms with E-state index in [0.29, 0.717) is 31.1 Å². The highest BCUT2D eigenvalue weighted by Crippen LogP contribution is 2.24. The first kappa shape index (κ1) is 48.2. The second-order valence-electron chi connectivity index (χ2n) is 9.04. The fourth-order valence-corrected chi connectivity index (χ4v) is 3.92. The lowest BCUT2D eigenvalue weighted by molar-refractivity contribution is -0.128. The highest BCUT2D eigenvalue weighted by molar-refractivity contribution is 7.94. The van der Waals surface area contributed by atoms with Gasteiger partial charge in [-0.1, -0.05) is 58.0 Å². The zero-order chi connectivity index (χ0) is 35.9. The maximum Gasteiger partial charge on any atom is 0.393 e. The molecule has 0 saturated carbocycles. The summed E-state index contributed by atoms with van der Waals surface area (Å²) in [6.45, 7) is 12.3. The largest absolute Gasteiger partial charge is 0.493 e. The van der Waals surface area contributed by atoms with Crippen LogP contribution in [0.25, 0.3) is 0 Å². The van der Waals surface area contributed by atoms with Crippen molar-refractivity contribution >= 4 is 22.8 Å². The van der Waals surface area contributed by atoms with Gasteiger partial charge in [0.25, 0.3) is 0 Å². The number of allylic oxidation sites excluding steroid dienone is 1. The Morgan fingerprint density at radius 2 is 1.17 bits per heavy atom. The highest BCUT2D eigenvalue weighted by Gasteiger charge is 2.28. The van der Waals surface area contributed by atoms with E-state index in [1.54, 1.807) is 7.11 Å². The van der Waals surface area contributed by atoms with Crippen molar-refractivity contribution in [3.05, 3.63) is 72.3 Å². The van der Waals surface area contributed by atoms with E-state index < -0.39 is 36.0 Å². The van der Waals surface area contributed by atoms with Gasteiger partial charge in [0, 0.05) is 41.6 Å². The number of hydrogen-bond donors (Lipinski definition) is 1. The molecule has 5 nitrogen and oxygen atoms in total. The molecule has 2 rings (SSSR count). The SMILES string of the molecule is C=CCC.CCCS(=O)CC.CCCSOC.CO.FC(F)(F)Cc1ccc(OCCCOc2ccc(CC(F)(F)F)cc2)cc1. The van der Waals surface area contributed by atoms with E-state index >= 15 is 0 Å². The molecule has 0 aromatic heterocycles. The Bertz CT molecular complexity index is 905. The van der Waals surface area contributed by atoms with Crippen LogP contribution in [0.4, 0.5) is 26.3 Å². The maximum absolute atomic E-state index is 12.3. The lowest BCUT2D eigenvalue weighted by atomic mass is 10.1. The van der Waals surface area contributed by atoms with Gasteiger partial charge in [-0.3, -0.25) is 4.21 Å². The highest BCUT2D eigenvalue weighted by atomic mass is 32.2. The molecule has 0 saturated heterocycles. The fourth-order valence-electron chi connectivity index (χ4n) is 2.85. The zero-order valence-corrected chi connectivity index (χ0v) is 29.5. The standard InChI is InChI=1S/C19H18F6O2.C5H12OS.C4H10OS.C4H8.CH4O/c20-18(21,22)12-14-2-6-16(7-3-14)26-10-1-11-27-17-8-4-15(5-9-17)13-19(23,24)25;1-3-5-7(6)4-2;1-3-4-6-5-2;1-3-4-2;1-2/h2-9H,1,10-13H2;3-5H2,1-2H3;3-4H2,1-2H3;3H,1,4H2,2H3;2H,1H3. The summed E-state index contributed by atoms with van der Waals surface area (Å²) in [5.74, 6) is 3.70. The molecule has 2 aromatic rings. The number of aliphatic hydroxyl groups excluding tert-OH is 1. The van der Waals surface area contributed by atoms with Crippen molar-refractivity contribution in [1.82, 2.24) is 0 Å². The average Bonchev–Trinajstić information content (AvgIpc) is 3.02. The van der Waals surface area contributed by atoms with Crippen LogP contribution in [0.5, 0.6) is 11.5 Å². The minimum atomic E-state index is -4.25. The quantitative estimate of drug-likeness (QED) is 0.0861. The van der Waals surface area contributed by atoms with E-state index in [9.17, 15) is 30.6 Å². The molecule has 0 aliphatic heterocycles. The number of alkyl halides is 6. The van der Waals surface area contributed by atoms with Gasteiger partial charge < -0.3 is 18.8 Å². The van der Waals surface area contributed by atoms with Gasteiger partial charge in [0.05, 0.1) is 33.2 Å². The van der Waals surface area contributed by atoms with Crippen molar-refractivity contribution in [2.24, 2.45) is 0 Å². The minimum Gasteiger partial charge on any atom is -0.493 e. The van der Waals surface area contributed by atoms with Crippen molar-refractivity contribution in [3.63, 3.8) is 0 Å². The second kappa shape index (κ2) is 31.4. The topological polar surface area (TPSA) is 65.0 Å². The molecule has 1 N–H and O–H groups in total. The summed E-state index contributed by atoms with van der Waals surface area (Å²) in [7, 11) is 2.17. The van der Waals surface area contributed by atoms with Crippen molar-refractivity contribution in [1.29, 1.82) is 0 Å². The monoisotopic (exact) mass is 706 g/mol. The molecule has 0 fully saturated rings. The molecule has 0 heterocycles. The number of benzene rings is 2. The molecular weight excluding hydrogens is 654 g/mol. The van der Waals surface area contributed by atoms with E-state index in [1.807, 2.05) is 19.9 Å². The van der Waals surface area contributed by atoms with Crippen LogP contribution >= 0.6 is 12.0 Å². The Kier molecular flexibility index (Phi) is 32.9. The Morgan fingerprint density at radius 1 is 0.783 bits per heavy atom. The molecule has 0 bridgehead atoms. The first-order valence-electron chi connectivity index (χ1n) is 14.9. The van der Waals surface area contributed by atoms with Crippen LogP contribution in [0.15, 0.2) is 61.2 Å². The second-order valence-corrected chi connectivity index (χ2v) is 11.9. The molecular formula is C33H52F6O5S2. The van der Waals surface area contributed by atoms with E-state index in [2.05, 4.69) is 20.4 Å². The third kappa shape index (κ3) is 34.6. The maximum atomic E-state index is 12.3. The number of hydrogen-bond acceptors (Lipinski definition) is 6. The molecule has 268 valence electrons. The van der Waals surface area contributed by atoms with Crippen molar-refractivity contribution < 1.29 is 49.3 Å². The summed E-state index contributed by atoms with van der Waals surface area (Å²) in [4.78, 5) is 0. The summed E-state index contributed by atoms with van der Waals surface area (Å²) in [6.07, 6.45) is -4.76. The van der Waals surface area contributed by atoms with Gasteiger partial charge in [-0.15, -0.1) is 6.58 Å². The Morgan fingerprint density at radius 3 is 1.39 bits per heavy atom. The first-order valence-corrected chi connectivity index (χ1v) is 17.3. The molecule has 0 aliphatic rings. The number of rotatable bonds is 15. The third-order valence-electron chi connectivity index (χ3n) is 4.93. The first-order chi connectivity index (χ1) is 21.7. The van der Waals surface area contributed by atoms with E-state index in [4.69, 9.17) is 18.8 Å². The van der Waals surface area contributed by atoms with Crippen LogP contribution in [0.3, 0.4) is 0 Å². The lowest BCUT2D eigenvalue weighted by Gasteiger charge is -2.10. The van der Waals surface area contributed by atoms with E-state index in [-0.39, 0.29) is 11.1 Å². The summed E-state index contributed by atoms with van der Waals surface area (Å²) < 4.78 is 99.7. The van der Waals surface area contributed by atoms with E-state index in [1.165, 1.54) is 67.0 Å². The predicted octanol–water partition coefficient (Wildman–Crippen LogP) is 9.79. The van der Waals surface area contributed by atoms with Crippen molar-refractivity contribution in [2.75, 3.05) is 44.7 Å². The molecule has 0 spiro atoms. The lowest BCUT2D eigenvalue weighted by Crippen LogP contribution is -2.11. The van der Waals surface area contributed by atoms with Gasteiger partial charge in [0.1, 0.15) is 11.5 Å². The smallest absolute Gasteiger partial charge is 0.393 e. The van der Waals surface area contributed by atoms with E-state index in [0.717, 1.165) is 37.2 Å². The van der Waals surface area contributed by atoms with Gasteiger partial charge in [-0.25, -0.2) is 0 Å². The van der Waals surface area contributed by atoms with Crippen LogP contribution in [0.2, 0.25) is 0 Å². The van der Waals surface area contributed by atoms with Crippen molar-refractivity contribution in [2.45, 2.75) is 78.6 Å². The molecule has 0 radical (unpaired) electrons. The van der Waals surface area contributed by atoms with Crippen LogP contribution in [-0.2, 0) is 27.8 Å². The number of ether oxygens (including phenoxy) is 2. The predicted molar refractivity (Wildman–Crippen MR) is 180 cm³/mol. The van der Waals surface area contributed by atoms with Crippen LogP contribution in [-0.4, -0.2) is 66.4 Å². The number of aliphatic hydroxyl groups is 1. The van der Waals surface area contributed by atoms with Gasteiger partial charge in [0.15, 0.2) is 0 Å². The molecule has 2 aromatic carbocycles. The molecule has 0 aliphatic carbocycles. The van der Waals surface area contributed by atoms with Gasteiger partial charge >= 0.3 is 12.4 Å². The molecule has 0 amide bonds. The van der Waals surface area contributed by atoms with Crippen LogP contribution in [0.1, 0.15) is 64.5 Å². The van der Waals surface area contributed by atoms with Gasteiger partial charge in [0.2, 0.25) is 0 Å². The normalized spacial score (nSPS) is 11.1. The van der Waals surface area contributed by atoms with Gasteiger partial charge in [-0.2, -0.15) is 26.3 Å². The zero-order valence-electron chi connectivity index (χ0n) is 27.8. The van der Waals surface area contributed by atoms with Crippen LogP contribution < -0.4 is 9.47 Å². The Labute approximate surface area is 278 Å². The molecule has 1 unspecified atom stereocenters. The summed E-state index contributed by atoms with van der Waals surface area (Å²) in [6, 6.07) is 11.3. The molecule has 46 heavy (non-hydrogen) atoms. The average molecular weight is 707 g/mol. The third-order valence-corrected chi connectivity index (χ3v) is 7.25. The minimum absolute atomic E-state index is 0.159. The fraction of sp³-hybridized carbons (Fsp3) is 0.576. The Hall–Kier alpha value is -2.22. The van der Waals surface area contributed by atoms with Crippen LogP contribution in [0, 0.1) is 0 Å². The summed E-state index contributed by atoms with van der Waals surface area (Å²) in [5, 5.41) is 7.00. The summed E-state index contributed by atoms with van der Waals surface area (Å²) in [5.41, 5.74) is 0.319. The number of halogens is 6.